The molecular weight excluding hydrogens is 256 g/mol. The van der Waals surface area contributed by atoms with Crippen molar-refractivity contribution in [1.29, 1.82) is 0 Å². The fourth-order valence-corrected chi connectivity index (χ4v) is 1.43. The average molecular weight is 268 g/mol. The van der Waals surface area contributed by atoms with Crippen molar-refractivity contribution >= 4 is 43.7 Å². The summed E-state index contributed by atoms with van der Waals surface area (Å²) in [7, 11) is 0. The number of carbonyl (C=O) groups is 1. The van der Waals surface area contributed by atoms with Crippen molar-refractivity contribution in [2.45, 2.75) is 6.61 Å². The predicted molar refractivity (Wildman–Crippen MR) is 69.9 cm³/mol. The van der Waals surface area contributed by atoms with Crippen LogP contribution < -0.4 is 4.74 Å². The Morgan fingerprint density at radius 3 is 2.17 bits per heavy atom. The standard InChI is InChI=1S/C14H12O3.Ca/c15-14(16)12-6-8-13(9-7-12)17-10-11-4-2-1-3-5-11;/h1-9H,10H2,(H,15,16);. The van der Waals surface area contributed by atoms with E-state index in [0.717, 1.165) is 5.56 Å². The number of hydrogen-bond acceptors (Lipinski definition) is 2. The number of aromatic carboxylic acids is 1. The van der Waals surface area contributed by atoms with Crippen LogP contribution in [0.1, 0.15) is 15.9 Å². The third-order valence-corrected chi connectivity index (χ3v) is 2.35. The van der Waals surface area contributed by atoms with Crippen molar-refractivity contribution < 1.29 is 14.6 Å². The SMILES string of the molecule is O=C(O)c1ccc(OCc2ccccc2)cc1.[Ca]. The maximum atomic E-state index is 10.7. The second-order valence-electron chi connectivity index (χ2n) is 3.60. The van der Waals surface area contributed by atoms with Crippen molar-refractivity contribution in [2.75, 3.05) is 0 Å². The van der Waals surface area contributed by atoms with Gasteiger partial charge in [0.2, 0.25) is 0 Å². The monoisotopic (exact) mass is 268 g/mol. The molecule has 0 unspecified atom stereocenters. The van der Waals surface area contributed by atoms with Gasteiger partial charge in [-0.25, -0.2) is 4.79 Å². The Morgan fingerprint density at radius 1 is 1.00 bits per heavy atom. The van der Waals surface area contributed by atoms with Gasteiger partial charge in [-0.2, -0.15) is 0 Å². The molecule has 18 heavy (non-hydrogen) atoms. The fourth-order valence-electron chi connectivity index (χ4n) is 1.43. The first-order valence-electron chi connectivity index (χ1n) is 5.26. The normalized spacial score (nSPS) is 9.33. The zero-order chi connectivity index (χ0) is 12.1. The molecule has 0 bridgehead atoms. The van der Waals surface area contributed by atoms with Crippen LogP contribution in [0.4, 0.5) is 0 Å². The van der Waals surface area contributed by atoms with Gasteiger partial charge in [0.15, 0.2) is 0 Å². The average Bonchev–Trinajstić information content (AvgIpc) is 2.38. The first kappa shape index (κ1) is 15.0. The summed E-state index contributed by atoms with van der Waals surface area (Å²) in [6, 6.07) is 16.2. The molecule has 1 N–H and O–H groups in total. The summed E-state index contributed by atoms with van der Waals surface area (Å²) in [5, 5.41) is 8.74. The van der Waals surface area contributed by atoms with Gasteiger partial charge in [-0.1, -0.05) is 30.3 Å². The first-order chi connectivity index (χ1) is 8.25. The Kier molecular flexibility index (Phi) is 6.19. The van der Waals surface area contributed by atoms with E-state index in [-0.39, 0.29) is 43.3 Å². The second-order valence-corrected chi connectivity index (χ2v) is 3.60. The zero-order valence-corrected chi connectivity index (χ0v) is 12.1. The van der Waals surface area contributed by atoms with Gasteiger partial charge in [0, 0.05) is 37.7 Å². The molecule has 0 saturated heterocycles. The van der Waals surface area contributed by atoms with Crippen molar-refractivity contribution in [2.24, 2.45) is 0 Å². The van der Waals surface area contributed by atoms with E-state index >= 15 is 0 Å². The number of ether oxygens (including phenoxy) is 1. The summed E-state index contributed by atoms with van der Waals surface area (Å²) in [6.45, 7) is 0.479. The molecule has 2 radical (unpaired) electrons. The van der Waals surface area contributed by atoms with E-state index in [4.69, 9.17) is 9.84 Å². The summed E-state index contributed by atoms with van der Waals surface area (Å²) in [6.07, 6.45) is 0. The molecule has 0 aromatic heterocycles. The van der Waals surface area contributed by atoms with Crippen LogP contribution in [0.3, 0.4) is 0 Å². The number of carboxylic acid groups (broad SMARTS) is 1. The fraction of sp³-hybridized carbons (Fsp3) is 0.0714. The summed E-state index contributed by atoms with van der Waals surface area (Å²) in [5.74, 6) is -0.265. The van der Waals surface area contributed by atoms with Gasteiger partial charge in [-0.15, -0.1) is 0 Å². The number of carboxylic acids is 1. The van der Waals surface area contributed by atoms with Crippen LogP contribution in [-0.2, 0) is 6.61 Å². The molecule has 0 fully saturated rings. The Hall–Kier alpha value is -1.03. The van der Waals surface area contributed by atoms with Gasteiger partial charge < -0.3 is 9.84 Å². The van der Waals surface area contributed by atoms with Crippen molar-refractivity contribution in [3.8, 4) is 5.75 Å². The summed E-state index contributed by atoms with van der Waals surface area (Å²) >= 11 is 0. The molecule has 0 saturated carbocycles. The minimum absolute atomic E-state index is 0. The molecule has 88 valence electrons. The zero-order valence-electron chi connectivity index (χ0n) is 9.87. The van der Waals surface area contributed by atoms with Gasteiger partial charge in [-0.05, 0) is 29.8 Å². The molecule has 0 aliphatic carbocycles. The van der Waals surface area contributed by atoms with E-state index in [2.05, 4.69) is 0 Å². The van der Waals surface area contributed by atoms with E-state index in [1.54, 1.807) is 12.1 Å². The molecule has 0 aliphatic rings. The molecule has 0 heterocycles. The van der Waals surface area contributed by atoms with E-state index in [1.165, 1.54) is 12.1 Å². The van der Waals surface area contributed by atoms with Crippen LogP contribution in [0, 0.1) is 0 Å². The van der Waals surface area contributed by atoms with Gasteiger partial charge in [0.05, 0.1) is 5.56 Å². The molecule has 0 spiro atoms. The van der Waals surface area contributed by atoms with Crippen LogP contribution in [0.2, 0.25) is 0 Å². The van der Waals surface area contributed by atoms with Gasteiger partial charge >= 0.3 is 5.97 Å². The molecule has 4 heteroatoms. The summed E-state index contributed by atoms with van der Waals surface area (Å²) in [5.41, 5.74) is 1.34. The largest absolute Gasteiger partial charge is 0.489 e. The predicted octanol–water partition coefficient (Wildman–Crippen LogP) is 2.58. The Labute approximate surface area is 135 Å². The maximum absolute atomic E-state index is 10.7. The van der Waals surface area contributed by atoms with Crippen LogP contribution in [0.15, 0.2) is 54.6 Å². The Morgan fingerprint density at radius 2 is 1.61 bits per heavy atom. The van der Waals surface area contributed by atoms with Crippen LogP contribution in [-0.4, -0.2) is 48.8 Å². The van der Waals surface area contributed by atoms with E-state index in [0.29, 0.717) is 12.4 Å². The van der Waals surface area contributed by atoms with Crippen LogP contribution in [0.5, 0.6) is 5.75 Å². The third kappa shape index (κ3) is 4.33. The third-order valence-electron chi connectivity index (χ3n) is 2.35. The van der Waals surface area contributed by atoms with E-state index in [9.17, 15) is 4.79 Å². The van der Waals surface area contributed by atoms with Crippen molar-refractivity contribution in [1.82, 2.24) is 0 Å². The molecular formula is C14H12CaO3. The molecule has 3 nitrogen and oxygen atoms in total. The minimum Gasteiger partial charge on any atom is -0.489 e. The molecule has 2 rings (SSSR count). The van der Waals surface area contributed by atoms with Gasteiger partial charge in [-0.3, -0.25) is 0 Å². The van der Waals surface area contributed by atoms with Crippen LogP contribution >= 0.6 is 0 Å². The van der Waals surface area contributed by atoms with Gasteiger partial charge in [0.25, 0.3) is 0 Å². The van der Waals surface area contributed by atoms with Crippen molar-refractivity contribution in [3.05, 3.63) is 65.7 Å². The summed E-state index contributed by atoms with van der Waals surface area (Å²) in [4.78, 5) is 10.7. The molecule has 2 aromatic carbocycles. The van der Waals surface area contributed by atoms with E-state index < -0.39 is 5.97 Å². The quantitative estimate of drug-likeness (QED) is 0.867. The number of rotatable bonds is 4. The molecule has 0 atom stereocenters. The van der Waals surface area contributed by atoms with Crippen molar-refractivity contribution in [3.63, 3.8) is 0 Å². The second kappa shape index (κ2) is 7.41. The molecule has 2 aromatic rings. The molecule has 0 amide bonds. The minimum atomic E-state index is -0.931. The smallest absolute Gasteiger partial charge is 0.335 e. The topological polar surface area (TPSA) is 46.5 Å². The van der Waals surface area contributed by atoms with Crippen LogP contribution in [0.25, 0.3) is 0 Å². The number of hydrogen-bond donors (Lipinski definition) is 1. The maximum Gasteiger partial charge on any atom is 0.335 e. The number of benzene rings is 2. The molecule has 0 aliphatic heterocycles. The Balaban J connectivity index is 0.00000162. The summed E-state index contributed by atoms with van der Waals surface area (Å²) < 4.78 is 5.53. The first-order valence-corrected chi connectivity index (χ1v) is 5.26. The van der Waals surface area contributed by atoms with Gasteiger partial charge in [0.1, 0.15) is 12.4 Å². The van der Waals surface area contributed by atoms with E-state index in [1.807, 2.05) is 30.3 Å². The Bertz CT molecular complexity index is 494.